The maximum absolute atomic E-state index is 12.8. The molecule has 4 rings (SSSR count). The number of nitrogens with one attached hydrogen (secondary N) is 3. The fourth-order valence-corrected chi connectivity index (χ4v) is 3.91. The van der Waals surface area contributed by atoms with Crippen LogP contribution in [-0.4, -0.2) is 33.5 Å². The standard InChI is InChI=1S/C25H24N4O5/c1-13-10-18(20-8-9-21(34-20)25(32)33)23(30)19(11-13)28-29-22(14(2)26)24(31)27-17-7-6-15-4-3-5-16(15)12-17/h6-12,26,28,30H,3-5H2,1-2H3,(H,27,31)(H,32,33)/b26-14?,29-22-. The molecule has 1 heterocycles. The quantitative estimate of drug-likeness (QED) is 0.198. The normalized spacial score (nSPS) is 12.8. The zero-order valence-corrected chi connectivity index (χ0v) is 18.7. The van der Waals surface area contributed by atoms with E-state index in [2.05, 4.69) is 15.8 Å². The molecule has 0 fully saturated rings. The number of aromatic carboxylic acids is 1. The predicted molar refractivity (Wildman–Crippen MR) is 129 cm³/mol. The summed E-state index contributed by atoms with van der Waals surface area (Å²) in [7, 11) is 0. The van der Waals surface area contributed by atoms with Crippen molar-refractivity contribution in [3.8, 4) is 17.1 Å². The Balaban J connectivity index is 1.58. The van der Waals surface area contributed by atoms with Gasteiger partial charge in [0.05, 0.1) is 17.0 Å². The molecule has 0 atom stereocenters. The number of nitrogens with zero attached hydrogens (tertiary/aromatic N) is 1. The number of furan rings is 1. The fraction of sp³-hybridized carbons (Fsp3) is 0.200. The van der Waals surface area contributed by atoms with Crippen molar-refractivity contribution in [1.29, 1.82) is 5.41 Å². The van der Waals surface area contributed by atoms with Gasteiger partial charge in [0, 0.05) is 5.69 Å². The molecule has 0 aliphatic heterocycles. The Kier molecular flexibility index (Phi) is 6.18. The van der Waals surface area contributed by atoms with Crippen molar-refractivity contribution in [1.82, 2.24) is 0 Å². The molecule has 3 aromatic rings. The number of aryl methyl sites for hydroxylation is 3. The van der Waals surface area contributed by atoms with Crippen LogP contribution in [0, 0.1) is 12.3 Å². The summed E-state index contributed by atoms with van der Waals surface area (Å²) in [4.78, 5) is 23.9. The van der Waals surface area contributed by atoms with Gasteiger partial charge in [-0.15, -0.1) is 0 Å². The first kappa shape index (κ1) is 22.8. The Labute approximate surface area is 195 Å². The molecule has 1 aromatic heterocycles. The number of fused-ring (bicyclic) bond motifs is 1. The van der Waals surface area contributed by atoms with Gasteiger partial charge in [-0.2, -0.15) is 5.10 Å². The van der Waals surface area contributed by atoms with E-state index in [1.165, 1.54) is 30.2 Å². The van der Waals surface area contributed by atoms with Crippen LogP contribution in [-0.2, 0) is 17.6 Å². The molecule has 9 nitrogen and oxygen atoms in total. The van der Waals surface area contributed by atoms with Crippen LogP contribution in [0.5, 0.6) is 5.75 Å². The molecule has 0 unspecified atom stereocenters. The molecular weight excluding hydrogens is 436 g/mol. The third-order valence-corrected chi connectivity index (χ3v) is 5.55. The van der Waals surface area contributed by atoms with E-state index in [4.69, 9.17) is 14.9 Å². The van der Waals surface area contributed by atoms with Crippen LogP contribution >= 0.6 is 0 Å². The SMILES string of the molecule is CC(=N)/C(=N/Nc1cc(C)cc(-c2ccc(C(=O)O)o2)c1O)C(=O)Nc1ccc2c(c1)CCC2. The maximum atomic E-state index is 12.8. The van der Waals surface area contributed by atoms with Crippen molar-refractivity contribution in [3.63, 3.8) is 0 Å². The number of carbonyl (C=O) groups excluding carboxylic acids is 1. The van der Waals surface area contributed by atoms with Crippen LogP contribution in [0.1, 0.15) is 40.6 Å². The summed E-state index contributed by atoms with van der Waals surface area (Å²) in [5.41, 5.74) is 6.76. The Morgan fingerprint density at radius 1 is 1.09 bits per heavy atom. The van der Waals surface area contributed by atoms with E-state index in [9.17, 15) is 14.7 Å². The summed E-state index contributed by atoms with van der Waals surface area (Å²) in [5.74, 6) is -2.09. The first-order valence-corrected chi connectivity index (χ1v) is 10.7. The second-order valence-corrected chi connectivity index (χ2v) is 8.17. The van der Waals surface area contributed by atoms with Crippen LogP contribution in [0.3, 0.4) is 0 Å². The molecule has 1 aliphatic carbocycles. The van der Waals surface area contributed by atoms with Gasteiger partial charge >= 0.3 is 5.97 Å². The van der Waals surface area contributed by atoms with Crippen LogP contribution in [0.15, 0.2) is 52.0 Å². The first-order chi connectivity index (χ1) is 16.2. The molecule has 174 valence electrons. The van der Waals surface area contributed by atoms with Crippen molar-refractivity contribution in [3.05, 3.63) is 64.9 Å². The molecule has 0 saturated carbocycles. The summed E-state index contributed by atoms with van der Waals surface area (Å²) < 4.78 is 5.30. The third-order valence-electron chi connectivity index (χ3n) is 5.55. The number of carboxylic acid groups (broad SMARTS) is 1. The fourth-order valence-electron chi connectivity index (χ4n) is 3.91. The highest BCUT2D eigenvalue weighted by Gasteiger charge is 2.19. The number of hydrogen-bond acceptors (Lipinski definition) is 7. The van der Waals surface area contributed by atoms with Gasteiger partial charge in [0.2, 0.25) is 5.76 Å². The highest BCUT2D eigenvalue weighted by Crippen LogP contribution is 2.37. The smallest absolute Gasteiger partial charge is 0.371 e. The minimum Gasteiger partial charge on any atom is -0.505 e. The van der Waals surface area contributed by atoms with Gasteiger partial charge in [-0.25, -0.2) is 4.79 Å². The summed E-state index contributed by atoms with van der Waals surface area (Å²) in [6.45, 7) is 3.23. The topological polar surface area (TPSA) is 148 Å². The van der Waals surface area contributed by atoms with Gasteiger partial charge < -0.3 is 25.4 Å². The molecule has 1 aliphatic rings. The van der Waals surface area contributed by atoms with E-state index in [0.29, 0.717) is 5.69 Å². The lowest BCUT2D eigenvalue weighted by Crippen LogP contribution is -2.29. The van der Waals surface area contributed by atoms with Crippen molar-refractivity contribution < 1.29 is 24.2 Å². The highest BCUT2D eigenvalue weighted by molar-refractivity contribution is 6.67. The van der Waals surface area contributed by atoms with Gasteiger partial charge in [0.25, 0.3) is 5.91 Å². The number of carbonyl (C=O) groups is 2. The number of carboxylic acids is 1. The first-order valence-electron chi connectivity index (χ1n) is 10.7. The van der Waals surface area contributed by atoms with E-state index in [-0.39, 0.29) is 39.9 Å². The molecular formula is C25H24N4O5. The summed E-state index contributed by atoms with van der Waals surface area (Å²) in [6.07, 6.45) is 3.11. The van der Waals surface area contributed by atoms with E-state index >= 15 is 0 Å². The average molecular weight is 460 g/mol. The monoisotopic (exact) mass is 460 g/mol. The number of anilines is 2. The Morgan fingerprint density at radius 2 is 1.85 bits per heavy atom. The van der Waals surface area contributed by atoms with Gasteiger partial charge in [0.15, 0.2) is 11.5 Å². The van der Waals surface area contributed by atoms with Crippen molar-refractivity contribution in [2.75, 3.05) is 10.7 Å². The number of amides is 1. The van der Waals surface area contributed by atoms with Crippen LogP contribution in [0.2, 0.25) is 0 Å². The molecule has 0 radical (unpaired) electrons. The van der Waals surface area contributed by atoms with Crippen LogP contribution in [0.4, 0.5) is 11.4 Å². The van der Waals surface area contributed by atoms with Gasteiger partial charge in [-0.05, 0) is 86.2 Å². The second-order valence-electron chi connectivity index (χ2n) is 8.17. The van der Waals surface area contributed by atoms with E-state index in [0.717, 1.165) is 24.8 Å². The minimum absolute atomic E-state index is 0.0596. The third kappa shape index (κ3) is 4.68. The van der Waals surface area contributed by atoms with Crippen molar-refractivity contribution >= 4 is 34.7 Å². The molecule has 9 heteroatoms. The lowest BCUT2D eigenvalue weighted by molar-refractivity contribution is -0.110. The summed E-state index contributed by atoms with van der Waals surface area (Å²) in [6, 6.07) is 11.8. The van der Waals surface area contributed by atoms with Crippen molar-refractivity contribution in [2.45, 2.75) is 33.1 Å². The molecule has 1 amide bonds. The predicted octanol–water partition coefficient (Wildman–Crippen LogP) is 4.59. The maximum Gasteiger partial charge on any atom is 0.371 e. The van der Waals surface area contributed by atoms with Crippen LogP contribution < -0.4 is 10.7 Å². The lowest BCUT2D eigenvalue weighted by atomic mass is 10.1. The molecule has 2 aromatic carbocycles. The Morgan fingerprint density at radius 3 is 2.56 bits per heavy atom. The summed E-state index contributed by atoms with van der Waals surface area (Å²) in [5, 5.41) is 34.7. The molecule has 0 bridgehead atoms. The van der Waals surface area contributed by atoms with Crippen molar-refractivity contribution in [2.24, 2.45) is 5.10 Å². The van der Waals surface area contributed by atoms with E-state index in [1.807, 2.05) is 18.2 Å². The van der Waals surface area contributed by atoms with E-state index < -0.39 is 11.9 Å². The Bertz CT molecular complexity index is 1340. The number of aromatic hydroxyl groups is 1. The number of rotatable bonds is 7. The number of phenols is 1. The average Bonchev–Trinajstić information content (AvgIpc) is 3.45. The lowest BCUT2D eigenvalue weighted by Gasteiger charge is -2.12. The molecule has 34 heavy (non-hydrogen) atoms. The van der Waals surface area contributed by atoms with Gasteiger partial charge in [-0.3, -0.25) is 10.2 Å². The zero-order chi connectivity index (χ0) is 24.4. The molecule has 0 spiro atoms. The number of benzene rings is 2. The number of hydrazone groups is 1. The Hall–Kier alpha value is -4.40. The number of phenolic OH excluding ortho intramolecular Hbond substituents is 1. The van der Waals surface area contributed by atoms with E-state index in [1.54, 1.807) is 19.1 Å². The summed E-state index contributed by atoms with van der Waals surface area (Å²) >= 11 is 0. The number of hydrogen-bond donors (Lipinski definition) is 5. The zero-order valence-electron chi connectivity index (χ0n) is 18.7. The highest BCUT2D eigenvalue weighted by atomic mass is 16.4. The largest absolute Gasteiger partial charge is 0.505 e. The molecule has 0 saturated heterocycles. The van der Waals surface area contributed by atoms with Crippen LogP contribution in [0.25, 0.3) is 11.3 Å². The minimum atomic E-state index is -1.22. The van der Waals surface area contributed by atoms with Gasteiger partial charge in [0.1, 0.15) is 5.76 Å². The molecule has 5 N–H and O–H groups in total. The second kappa shape index (κ2) is 9.22. The van der Waals surface area contributed by atoms with Gasteiger partial charge in [-0.1, -0.05) is 6.07 Å².